The fourth-order valence-corrected chi connectivity index (χ4v) is 3.53. The second-order valence-corrected chi connectivity index (χ2v) is 6.76. The summed E-state index contributed by atoms with van der Waals surface area (Å²) in [6, 6.07) is 11.3. The van der Waals surface area contributed by atoms with Gasteiger partial charge in [0.05, 0.1) is 12.5 Å². The summed E-state index contributed by atoms with van der Waals surface area (Å²) < 4.78 is 25.9. The average Bonchev–Trinajstić information content (AvgIpc) is 2.93. The van der Waals surface area contributed by atoms with Crippen molar-refractivity contribution in [2.75, 3.05) is 0 Å². The number of rotatable bonds is 4. The molecule has 0 aliphatic heterocycles. The van der Waals surface area contributed by atoms with Crippen molar-refractivity contribution in [2.45, 2.75) is 10.6 Å². The molecule has 1 N–H and O–H groups in total. The van der Waals surface area contributed by atoms with Crippen molar-refractivity contribution in [3.63, 3.8) is 0 Å². The van der Waals surface area contributed by atoms with Gasteiger partial charge in [0.15, 0.2) is 0 Å². The predicted octanol–water partition coefficient (Wildman–Crippen LogP) is 1.93. The van der Waals surface area contributed by atoms with Crippen molar-refractivity contribution in [3.05, 3.63) is 52.9 Å². The lowest BCUT2D eigenvalue weighted by atomic mass is 10.1. The Morgan fingerprint density at radius 2 is 2.10 bits per heavy atom. The van der Waals surface area contributed by atoms with E-state index in [2.05, 4.69) is 0 Å². The molecule has 0 radical (unpaired) electrons. The van der Waals surface area contributed by atoms with Crippen LogP contribution in [0.5, 0.6) is 0 Å². The predicted molar refractivity (Wildman–Crippen MR) is 74.7 cm³/mol. The van der Waals surface area contributed by atoms with Crippen LogP contribution in [0.25, 0.3) is 0 Å². The molecule has 0 spiro atoms. The zero-order valence-electron chi connectivity index (χ0n) is 10.2. The van der Waals surface area contributed by atoms with Crippen LogP contribution in [-0.4, -0.2) is 14.3 Å². The molecule has 102 valence electrons. The lowest BCUT2D eigenvalue weighted by molar-refractivity contribution is 0.0981. The Morgan fingerprint density at radius 1 is 1.30 bits per heavy atom. The van der Waals surface area contributed by atoms with Gasteiger partial charge in [-0.1, -0.05) is 18.2 Å². The van der Waals surface area contributed by atoms with Gasteiger partial charge in [0.2, 0.25) is 0 Å². The zero-order valence-corrected chi connectivity index (χ0v) is 11.9. The number of nitriles is 1. The number of carbonyl (C=O) groups excluding carboxylic acids is 1. The van der Waals surface area contributed by atoms with Gasteiger partial charge in [-0.2, -0.15) is 5.26 Å². The highest BCUT2D eigenvalue weighted by Gasteiger charge is 2.19. The quantitative estimate of drug-likeness (QED) is 0.935. The molecule has 0 unspecified atom stereocenters. The van der Waals surface area contributed by atoms with Crippen LogP contribution >= 0.6 is 11.3 Å². The summed E-state index contributed by atoms with van der Waals surface area (Å²) in [6.07, 6.45) is 0.165. The fourth-order valence-electron chi connectivity index (χ4n) is 1.56. The van der Waals surface area contributed by atoms with Crippen LogP contribution in [0, 0.1) is 11.3 Å². The van der Waals surface area contributed by atoms with E-state index in [9.17, 15) is 13.2 Å². The van der Waals surface area contributed by atoms with E-state index in [1.807, 2.05) is 10.8 Å². The van der Waals surface area contributed by atoms with Crippen molar-refractivity contribution < 1.29 is 13.2 Å². The van der Waals surface area contributed by atoms with Gasteiger partial charge in [-0.3, -0.25) is 4.79 Å². The van der Waals surface area contributed by atoms with Gasteiger partial charge in [-0.25, -0.2) is 13.1 Å². The minimum Gasteiger partial charge on any atom is -0.268 e. The summed E-state index contributed by atoms with van der Waals surface area (Å²) in [5, 5.41) is 10.2. The van der Waals surface area contributed by atoms with Crippen molar-refractivity contribution in [1.29, 1.82) is 5.26 Å². The number of benzene rings is 1. The second-order valence-electron chi connectivity index (χ2n) is 3.90. The van der Waals surface area contributed by atoms with Gasteiger partial charge in [0.25, 0.3) is 15.9 Å². The Balaban J connectivity index is 2.21. The third kappa shape index (κ3) is 3.23. The van der Waals surface area contributed by atoms with Crippen LogP contribution < -0.4 is 4.72 Å². The van der Waals surface area contributed by atoms with E-state index < -0.39 is 15.9 Å². The second kappa shape index (κ2) is 5.86. The molecule has 0 aliphatic carbocycles. The summed E-state index contributed by atoms with van der Waals surface area (Å²) in [5.74, 6) is -0.710. The highest BCUT2D eigenvalue weighted by atomic mass is 32.2. The first-order valence-corrected chi connectivity index (χ1v) is 7.96. The van der Waals surface area contributed by atoms with E-state index in [1.54, 1.807) is 23.6 Å². The Bertz CT molecular complexity index is 759. The molecule has 5 nitrogen and oxygen atoms in total. The van der Waals surface area contributed by atoms with E-state index in [-0.39, 0.29) is 16.2 Å². The molecule has 1 aromatic heterocycles. The molecule has 2 rings (SSSR count). The van der Waals surface area contributed by atoms with Crippen LogP contribution in [0.4, 0.5) is 0 Å². The van der Waals surface area contributed by atoms with Crippen molar-refractivity contribution >= 4 is 27.3 Å². The SMILES string of the molecule is N#CCc1cccc(C(=O)NS(=O)(=O)c2cccs2)c1. The van der Waals surface area contributed by atoms with Crippen molar-refractivity contribution in [2.24, 2.45) is 0 Å². The summed E-state index contributed by atoms with van der Waals surface area (Å²) in [5.41, 5.74) is 0.867. The number of thiophene rings is 1. The van der Waals surface area contributed by atoms with Crippen LogP contribution in [0.3, 0.4) is 0 Å². The van der Waals surface area contributed by atoms with E-state index >= 15 is 0 Å². The standard InChI is InChI=1S/C13H10N2O3S2/c14-7-6-10-3-1-4-11(9-10)13(16)15-20(17,18)12-5-2-8-19-12/h1-5,8-9H,6H2,(H,15,16). The molecule has 0 aliphatic rings. The van der Waals surface area contributed by atoms with Crippen LogP contribution in [0.15, 0.2) is 46.0 Å². The molecule has 0 saturated carbocycles. The topological polar surface area (TPSA) is 87.0 Å². The Hall–Kier alpha value is -2.17. The smallest absolute Gasteiger partial charge is 0.268 e. The molecule has 0 saturated heterocycles. The molecule has 0 atom stereocenters. The molecule has 7 heteroatoms. The number of hydrogen-bond acceptors (Lipinski definition) is 5. The number of nitrogens with zero attached hydrogens (tertiary/aromatic N) is 1. The largest absolute Gasteiger partial charge is 0.273 e. The van der Waals surface area contributed by atoms with E-state index in [1.165, 1.54) is 18.2 Å². The van der Waals surface area contributed by atoms with Gasteiger partial charge in [-0.15, -0.1) is 11.3 Å². The molecule has 2 aromatic rings. The molecular formula is C13H10N2O3S2. The van der Waals surface area contributed by atoms with Gasteiger partial charge in [0.1, 0.15) is 4.21 Å². The molecular weight excluding hydrogens is 296 g/mol. The molecule has 1 heterocycles. The van der Waals surface area contributed by atoms with Crippen LogP contribution in [0.1, 0.15) is 15.9 Å². The van der Waals surface area contributed by atoms with E-state index in [0.29, 0.717) is 5.56 Å². The maximum Gasteiger partial charge on any atom is 0.273 e. The minimum atomic E-state index is -3.84. The third-order valence-electron chi connectivity index (χ3n) is 2.46. The van der Waals surface area contributed by atoms with Crippen molar-refractivity contribution in [1.82, 2.24) is 4.72 Å². The molecule has 0 bridgehead atoms. The highest BCUT2D eigenvalue weighted by Crippen LogP contribution is 2.16. The lowest BCUT2D eigenvalue weighted by Crippen LogP contribution is -2.30. The Kier molecular flexibility index (Phi) is 4.17. The van der Waals surface area contributed by atoms with Gasteiger partial charge < -0.3 is 0 Å². The molecule has 20 heavy (non-hydrogen) atoms. The number of carbonyl (C=O) groups is 1. The Labute approximate surface area is 120 Å². The minimum absolute atomic E-state index is 0.0824. The number of nitrogens with one attached hydrogen (secondary N) is 1. The molecule has 1 amide bonds. The first kappa shape index (κ1) is 14.2. The highest BCUT2D eigenvalue weighted by molar-refractivity contribution is 7.92. The Morgan fingerprint density at radius 3 is 2.75 bits per heavy atom. The van der Waals surface area contributed by atoms with Crippen LogP contribution in [0.2, 0.25) is 0 Å². The van der Waals surface area contributed by atoms with Gasteiger partial charge in [-0.05, 0) is 29.1 Å². The first-order chi connectivity index (χ1) is 9.53. The fraction of sp³-hybridized carbons (Fsp3) is 0.0769. The summed E-state index contributed by atoms with van der Waals surface area (Å²) in [4.78, 5) is 11.9. The monoisotopic (exact) mass is 306 g/mol. The number of sulfonamides is 1. The maximum absolute atomic E-state index is 11.9. The lowest BCUT2D eigenvalue weighted by Gasteiger charge is -2.05. The summed E-state index contributed by atoms with van der Waals surface area (Å²) >= 11 is 1.03. The summed E-state index contributed by atoms with van der Waals surface area (Å²) in [6.45, 7) is 0. The zero-order chi connectivity index (χ0) is 14.6. The van der Waals surface area contributed by atoms with Gasteiger partial charge in [0, 0.05) is 5.56 Å². The average molecular weight is 306 g/mol. The number of amides is 1. The van der Waals surface area contributed by atoms with Crippen molar-refractivity contribution in [3.8, 4) is 6.07 Å². The molecule has 1 aromatic carbocycles. The number of hydrogen-bond donors (Lipinski definition) is 1. The first-order valence-electron chi connectivity index (χ1n) is 5.59. The molecule has 0 fully saturated rings. The van der Waals surface area contributed by atoms with Crippen LogP contribution in [-0.2, 0) is 16.4 Å². The van der Waals surface area contributed by atoms with Gasteiger partial charge >= 0.3 is 0 Å². The third-order valence-corrected chi connectivity index (χ3v) is 5.19. The van der Waals surface area contributed by atoms with E-state index in [0.717, 1.165) is 11.3 Å². The maximum atomic E-state index is 11.9. The normalized spacial score (nSPS) is 10.8. The summed E-state index contributed by atoms with van der Waals surface area (Å²) in [7, 11) is -3.84. The van der Waals surface area contributed by atoms with E-state index in [4.69, 9.17) is 5.26 Å².